The molecule has 0 aliphatic heterocycles. The van der Waals surface area contributed by atoms with Gasteiger partial charge in [-0.2, -0.15) is 13.2 Å². The molecule has 0 aromatic heterocycles. The highest BCUT2D eigenvalue weighted by molar-refractivity contribution is 5.68. The zero-order valence-electron chi connectivity index (χ0n) is 17.0. The Kier molecular flexibility index (Phi) is 7.12. The molecular formula is C24H23F7. The lowest BCUT2D eigenvalue weighted by Crippen LogP contribution is -2.13. The fourth-order valence-corrected chi connectivity index (χ4v) is 4.10. The minimum atomic E-state index is -4.75. The van der Waals surface area contributed by atoms with E-state index in [4.69, 9.17) is 0 Å². The van der Waals surface area contributed by atoms with Crippen LogP contribution in [0.15, 0.2) is 30.3 Å². The molecule has 0 atom stereocenters. The Labute approximate surface area is 176 Å². The van der Waals surface area contributed by atoms with Gasteiger partial charge in [0.15, 0.2) is 0 Å². The summed E-state index contributed by atoms with van der Waals surface area (Å²) in [5.41, 5.74) is -1.50. The summed E-state index contributed by atoms with van der Waals surface area (Å²) in [6, 6.07) is 3.56. The van der Waals surface area contributed by atoms with Crippen molar-refractivity contribution in [1.82, 2.24) is 0 Å². The highest BCUT2D eigenvalue weighted by Crippen LogP contribution is 2.34. The maximum absolute atomic E-state index is 14.6. The zero-order chi connectivity index (χ0) is 22.8. The molecule has 1 aliphatic rings. The van der Waals surface area contributed by atoms with E-state index in [9.17, 15) is 30.7 Å². The first kappa shape index (κ1) is 23.4. The highest BCUT2D eigenvalue weighted by Gasteiger charge is 2.24. The quantitative estimate of drug-likeness (QED) is 0.407. The molecule has 0 unspecified atom stereocenters. The molecule has 0 nitrogen and oxygen atoms in total. The van der Waals surface area contributed by atoms with Crippen molar-refractivity contribution >= 4 is 6.08 Å². The molecule has 31 heavy (non-hydrogen) atoms. The minimum Gasteiger partial charge on any atom is -0.206 e. The van der Waals surface area contributed by atoms with Gasteiger partial charge in [0, 0.05) is 11.6 Å². The lowest BCUT2D eigenvalue weighted by molar-refractivity contribution is -0.0790. The monoisotopic (exact) mass is 444 g/mol. The van der Waals surface area contributed by atoms with Crippen LogP contribution in [0.2, 0.25) is 0 Å². The Bertz CT molecular complexity index is 905. The van der Waals surface area contributed by atoms with Gasteiger partial charge in [0.2, 0.25) is 0 Å². The first-order chi connectivity index (χ1) is 14.5. The van der Waals surface area contributed by atoms with E-state index >= 15 is 0 Å². The van der Waals surface area contributed by atoms with Crippen LogP contribution >= 0.6 is 0 Å². The van der Waals surface area contributed by atoms with Gasteiger partial charge >= 0.3 is 6.18 Å². The van der Waals surface area contributed by atoms with Crippen LogP contribution in [0.4, 0.5) is 30.7 Å². The Morgan fingerprint density at radius 1 is 0.839 bits per heavy atom. The molecule has 7 heteroatoms. The number of halogens is 7. The molecule has 0 radical (unpaired) electrons. The second kappa shape index (κ2) is 9.45. The van der Waals surface area contributed by atoms with Crippen LogP contribution in [-0.2, 0) is 6.42 Å². The number of benzene rings is 2. The van der Waals surface area contributed by atoms with Gasteiger partial charge in [-0.1, -0.05) is 32.6 Å². The average Bonchev–Trinajstić information content (AvgIpc) is 2.65. The SMILES string of the molecule is CC1CCC(CCc2cc(F)c(-c3cc(F)c(/C=C/C(F)(F)F)c(F)c3)c(F)c2)CC1. The van der Waals surface area contributed by atoms with Crippen LogP contribution < -0.4 is 0 Å². The third kappa shape index (κ3) is 6.11. The van der Waals surface area contributed by atoms with Crippen molar-refractivity contribution in [1.29, 1.82) is 0 Å². The summed E-state index contributed by atoms with van der Waals surface area (Å²) in [6.45, 7) is 2.21. The largest absolute Gasteiger partial charge is 0.409 e. The van der Waals surface area contributed by atoms with E-state index in [2.05, 4.69) is 6.92 Å². The summed E-state index contributed by atoms with van der Waals surface area (Å²) in [5, 5.41) is 0. The van der Waals surface area contributed by atoms with Crippen molar-refractivity contribution in [3.8, 4) is 11.1 Å². The van der Waals surface area contributed by atoms with Crippen molar-refractivity contribution in [3.05, 3.63) is 64.7 Å². The fraction of sp³-hybridized carbons (Fsp3) is 0.417. The molecule has 0 bridgehead atoms. The van der Waals surface area contributed by atoms with Gasteiger partial charge in [0.25, 0.3) is 0 Å². The van der Waals surface area contributed by atoms with E-state index in [1.54, 1.807) is 0 Å². The fourth-order valence-electron chi connectivity index (χ4n) is 4.10. The standard InChI is InChI=1S/C24H23F7/c1-14-2-4-15(5-3-14)6-7-16-10-21(27)23(22(28)11-16)17-12-19(25)18(20(26)13-17)8-9-24(29,30)31/h8-15H,2-7H2,1H3/b9-8+. The van der Waals surface area contributed by atoms with Crippen LogP contribution in [0.3, 0.4) is 0 Å². The van der Waals surface area contributed by atoms with Crippen LogP contribution in [0.1, 0.15) is 50.2 Å². The normalized spacial score (nSPS) is 19.9. The summed E-state index contributed by atoms with van der Waals surface area (Å²) >= 11 is 0. The molecule has 0 heterocycles. The lowest BCUT2D eigenvalue weighted by atomic mass is 9.80. The Morgan fingerprint density at radius 3 is 1.90 bits per heavy atom. The first-order valence-electron chi connectivity index (χ1n) is 10.3. The average molecular weight is 444 g/mol. The van der Waals surface area contributed by atoms with E-state index < -0.39 is 46.1 Å². The summed E-state index contributed by atoms with van der Waals surface area (Å²) in [5.74, 6) is -3.40. The molecule has 1 fully saturated rings. The number of hydrogen-bond donors (Lipinski definition) is 0. The summed E-state index contributed by atoms with van der Waals surface area (Å²) in [4.78, 5) is 0. The van der Waals surface area contributed by atoms with Crippen LogP contribution in [0, 0.1) is 35.1 Å². The molecule has 3 rings (SSSR count). The third-order valence-electron chi connectivity index (χ3n) is 5.89. The molecule has 1 saturated carbocycles. The maximum atomic E-state index is 14.6. The van der Waals surface area contributed by atoms with Crippen LogP contribution in [0.25, 0.3) is 17.2 Å². The third-order valence-corrected chi connectivity index (χ3v) is 5.89. The first-order valence-corrected chi connectivity index (χ1v) is 10.3. The Hall–Kier alpha value is -2.31. The Morgan fingerprint density at radius 2 is 1.39 bits per heavy atom. The van der Waals surface area contributed by atoms with Crippen molar-refractivity contribution in [2.45, 2.75) is 51.6 Å². The van der Waals surface area contributed by atoms with Crippen LogP contribution in [0.5, 0.6) is 0 Å². The smallest absolute Gasteiger partial charge is 0.206 e. The van der Waals surface area contributed by atoms with Gasteiger partial charge in [-0.15, -0.1) is 0 Å². The van der Waals surface area contributed by atoms with Gasteiger partial charge in [-0.05, 0) is 66.1 Å². The van der Waals surface area contributed by atoms with Crippen molar-refractivity contribution in [2.24, 2.45) is 11.8 Å². The molecule has 0 saturated heterocycles. The summed E-state index contributed by atoms with van der Waals surface area (Å²) in [6.07, 6.45) is 0.991. The number of rotatable bonds is 5. The molecular weight excluding hydrogens is 421 g/mol. The molecule has 0 amide bonds. The van der Waals surface area contributed by atoms with E-state index in [1.165, 1.54) is 0 Å². The predicted molar refractivity (Wildman–Crippen MR) is 106 cm³/mol. The van der Waals surface area contributed by atoms with Gasteiger partial charge in [0.1, 0.15) is 23.3 Å². The van der Waals surface area contributed by atoms with E-state index in [0.29, 0.717) is 36.0 Å². The van der Waals surface area contributed by atoms with E-state index in [-0.39, 0.29) is 12.2 Å². The van der Waals surface area contributed by atoms with E-state index in [0.717, 1.165) is 44.2 Å². The van der Waals surface area contributed by atoms with Gasteiger partial charge in [0.05, 0.1) is 5.56 Å². The second-order valence-electron chi connectivity index (χ2n) is 8.33. The lowest BCUT2D eigenvalue weighted by Gasteiger charge is -2.26. The number of aryl methyl sites for hydroxylation is 1. The predicted octanol–water partition coefficient (Wildman–Crippen LogP) is 8.24. The molecule has 1 aliphatic carbocycles. The zero-order valence-corrected chi connectivity index (χ0v) is 17.0. The summed E-state index contributed by atoms with van der Waals surface area (Å²) < 4.78 is 94.4. The molecule has 0 N–H and O–H groups in total. The van der Waals surface area contributed by atoms with Crippen molar-refractivity contribution < 1.29 is 30.7 Å². The molecule has 0 spiro atoms. The minimum absolute atomic E-state index is 0.246. The van der Waals surface area contributed by atoms with Crippen LogP contribution in [-0.4, -0.2) is 6.18 Å². The summed E-state index contributed by atoms with van der Waals surface area (Å²) in [7, 11) is 0. The molecule has 168 valence electrons. The molecule has 2 aromatic rings. The molecule has 2 aromatic carbocycles. The number of hydrogen-bond acceptors (Lipinski definition) is 0. The highest BCUT2D eigenvalue weighted by atomic mass is 19.4. The van der Waals surface area contributed by atoms with Gasteiger partial charge in [-0.25, -0.2) is 17.6 Å². The second-order valence-corrected chi connectivity index (χ2v) is 8.33. The van der Waals surface area contributed by atoms with Crippen molar-refractivity contribution in [2.75, 3.05) is 0 Å². The van der Waals surface area contributed by atoms with Gasteiger partial charge < -0.3 is 0 Å². The topological polar surface area (TPSA) is 0 Å². The maximum Gasteiger partial charge on any atom is 0.409 e. The number of allylic oxidation sites excluding steroid dienone is 1. The Balaban J connectivity index is 1.81. The van der Waals surface area contributed by atoms with Gasteiger partial charge in [-0.3, -0.25) is 0 Å². The van der Waals surface area contributed by atoms with Crippen molar-refractivity contribution in [3.63, 3.8) is 0 Å². The van der Waals surface area contributed by atoms with E-state index in [1.807, 2.05) is 0 Å². The number of alkyl halides is 3.